The lowest BCUT2D eigenvalue weighted by Gasteiger charge is -2.22. The smallest absolute Gasteiger partial charge is 0.180 e. The quantitative estimate of drug-likeness (QED) is 0.740. The van der Waals surface area contributed by atoms with Crippen LogP contribution in [0, 0.1) is 0 Å². The lowest BCUT2D eigenvalue weighted by molar-refractivity contribution is 0.626. The summed E-state index contributed by atoms with van der Waals surface area (Å²) in [6.07, 6.45) is 0. The second kappa shape index (κ2) is 8.67. The molecule has 6 nitrogen and oxygen atoms in total. The average molecular weight is 336 g/mol. The summed E-state index contributed by atoms with van der Waals surface area (Å²) < 4.78 is 19.7. The van der Waals surface area contributed by atoms with Crippen LogP contribution in [0.2, 0.25) is 0 Å². The van der Waals surface area contributed by atoms with Crippen molar-refractivity contribution in [2.45, 2.75) is 59.3 Å². The summed E-state index contributed by atoms with van der Waals surface area (Å²) in [7, 11) is -2.40. The fourth-order valence-corrected chi connectivity index (χ4v) is 2.68. The maximum Gasteiger partial charge on any atom is 0.318 e. The molecule has 1 aromatic carbocycles. The molecule has 0 fully saturated rings. The van der Waals surface area contributed by atoms with Gasteiger partial charge in [0.25, 0.3) is 10.3 Å². The van der Waals surface area contributed by atoms with Crippen LogP contribution in [-0.4, -0.2) is 13.5 Å². The van der Waals surface area contributed by atoms with Crippen LogP contribution in [0.4, 0.5) is 0 Å². The molecular formula is C16H24N4O2S. The van der Waals surface area contributed by atoms with Crippen molar-refractivity contribution >= 4 is 15.4 Å². The third-order valence-corrected chi connectivity index (χ3v) is 3.91. The molecule has 0 saturated heterocycles. The van der Waals surface area contributed by atoms with Crippen molar-refractivity contribution in [3.63, 3.8) is 0 Å². The van der Waals surface area contributed by atoms with E-state index in [0.717, 1.165) is 0 Å². The van der Waals surface area contributed by atoms with Crippen LogP contribution < -0.4 is 0 Å². The molecule has 1 aliphatic rings. The van der Waals surface area contributed by atoms with Gasteiger partial charge in [0, 0.05) is 0 Å². The highest BCUT2D eigenvalue weighted by Crippen LogP contribution is 2.32. The summed E-state index contributed by atoms with van der Waals surface area (Å²) >= 11 is 0. The Morgan fingerprint density at radius 2 is 1.22 bits per heavy atom. The molecule has 0 atom stereocenters. The molecule has 23 heavy (non-hydrogen) atoms. The van der Waals surface area contributed by atoms with Gasteiger partial charge in [0.15, 0.2) is 0 Å². The Hall–Kier alpha value is -1.89. The van der Waals surface area contributed by atoms with Crippen molar-refractivity contribution in [2.24, 2.45) is 20.7 Å². The van der Waals surface area contributed by atoms with E-state index in [0.29, 0.717) is 17.8 Å². The molecule has 1 aliphatic heterocycles. The fraction of sp³-hybridized carbons (Fsp3) is 0.562. The van der Waals surface area contributed by atoms with Gasteiger partial charge in [-0.1, -0.05) is 70.0 Å². The highest BCUT2D eigenvalue weighted by atomic mass is 32.2. The van der Waals surface area contributed by atoms with E-state index < -0.39 is 10.3 Å². The molecule has 126 valence electrons. The molecule has 0 aromatic heterocycles. The van der Waals surface area contributed by atoms with Gasteiger partial charge in [0.1, 0.15) is 0 Å². The van der Waals surface area contributed by atoms with Crippen LogP contribution in [0.25, 0.3) is 0 Å². The predicted molar refractivity (Wildman–Crippen MR) is 92.3 cm³/mol. The molecule has 0 radical (unpaired) electrons. The van der Waals surface area contributed by atoms with Crippen molar-refractivity contribution in [1.29, 1.82) is 0 Å². The van der Waals surface area contributed by atoms with E-state index in [1.807, 2.05) is 0 Å². The first kappa shape index (κ1) is 19.2. The maximum atomic E-state index is 9.86. The molecule has 0 unspecified atom stereocenters. The molecule has 0 saturated carbocycles. The maximum absolute atomic E-state index is 9.86. The summed E-state index contributed by atoms with van der Waals surface area (Å²) in [6.45, 7) is 13.7. The second-order valence-electron chi connectivity index (χ2n) is 6.21. The van der Waals surface area contributed by atoms with Gasteiger partial charge in [0.2, 0.25) is 0 Å². The minimum absolute atomic E-state index is 0.370. The summed E-state index contributed by atoms with van der Waals surface area (Å²) in [5.41, 5.74) is 4.62. The highest BCUT2D eigenvalue weighted by molar-refractivity contribution is 7.72. The largest absolute Gasteiger partial charge is 0.318 e. The van der Waals surface area contributed by atoms with E-state index in [1.165, 1.54) is 11.1 Å². The van der Waals surface area contributed by atoms with E-state index >= 15 is 0 Å². The Morgan fingerprint density at radius 1 is 0.783 bits per heavy atom. The van der Waals surface area contributed by atoms with Crippen molar-refractivity contribution in [1.82, 2.24) is 0 Å². The molecule has 0 N–H and O–H groups in total. The lowest BCUT2D eigenvalue weighted by atomic mass is 9.83. The van der Waals surface area contributed by atoms with Crippen molar-refractivity contribution in [3.05, 3.63) is 34.9 Å². The minimum Gasteiger partial charge on any atom is -0.180 e. The summed E-state index contributed by atoms with van der Waals surface area (Å²) in [4.78, 5) is 0. The van der Waals surface area contributed by atoms with Crippen LogP contribution in [0.1, 0.15) is 76.0 Å². The molecular weight excluding hydrogens is 312 g/mol. The van der Waals surface area contributed by atoms with Gasteiger partial charge in [-0.15, -0.1) is 0 Å². The Bertz CT molecular complexity index is 684. The van der Waals surface area contributed by atoms with Gasteiger partial charge in [-0.2, -0.15) is 8.42 Å². The number of nitrogens with zero attached hydrogens (tertiary/aromatic N) is 4. The van der Waals surface area contributed by atoms with E-state index in [-0.39, 0.29) is 5.11 Å². The number of hydrogen-bond acceptors (Lipinski definition) is 4. The third kappa shape index (κ3) is 5.35. The van der Waals surface area contributed by atoms with Crippen molar-refractivity contribution in [2.75, 3.05) is 0 Å². The molecule has 7 heteroatoms. The Balaban J connectivity index is 0.000000277. The minimum atomic E-state index is -2.40. The van der Waals surface area contributed by atoms with Gasteiger partial charge in [-0.05, 0) is 44.9 Å². The number of benzene rings is 1. The molecule has 2 rings (SSSR count). The number of rotatable bonds is 3. The summed E-state index contributed by atoms with van der Waals surface area (Å²) in [5.74, 6) is 1.88. The average Bonchev–Trinajstić information content (AvgIpc) is 3.01. The molecule has 1 heterocycles. The monoisotopic (exact) mass is 336 g/mol. The predicted octanol–water partition coefficient (Wildman–Crippen LogP) is 4.84. The van der Waals surface area contributed by atoms with E-state index in [1.54, 1.807) is 5.56 Å². The molecule has 1 aromatic rings. The van der Waals surface area contributed by atoms with E-state index in [9.17, 15) is 8.42 Å². The first-order valence-corrected chi connectivity index (χ1v) is 8.73. The summed E-state index contributed by atoms with van der Waals surface area (Å²) in [6, 6.07) is 6.77. The summed E-state index contributed by atoms with van der Waals surface area (Å²) in [5, 5.41) is 11.6. The van der Waals surface area contributed by atoms with Crippen LogP contribution >= 0.6 is 0 Å². The SMILES string of the molecule is CC(C)c1cccc(C(C)C)c1C(C)C.O=S(=O)=C1N=NN=N1. The van der Waals surface area contributed by atoms with Crippen LogP contribution in [0.15, 0.2) is 38.9 Å². The highest BCUT2D eigenvalue weighted by Gasteiger charge is 2.15. The second-order valence-corrected chi connectivity index (χ2v) is 7.04. The Morgan fingerprint density at radius 3 is 1.48 bits per heavy atom. The number of hydrogen-bond donors (Lipinski definition) is 0. The van der Waals surface area contributed by atoms with E-state index in [4.69, 9.17) is 0 Å². The van der Waals surface area contributed by atoms with Crippen LogP contribution in [-0.2, 0) is 10.3 Å². The zero-order chi connectivity index (χ0) is 17.6. The first-order chi connectivity index (χ1) is 10.8. The zero-order valence-electron chi connectivity index (χ0n) is 14.5. The molecule has 0 aliphatic carbocycles. The first-order valence-electron chi connectivity index (χ1n) is 7.66. The normalized spacial score (nSPS) is 13.0. The molecule has 0 amide bonds. The van der Waals surface area contributed by atoms with Gasteiger partial charge in [-0.3, -0.25) is 0 Å². The van der Waals surface area contributed by atoms with Gasteiger partial charge < -0.3 is 0 Å². The topological polar surface area (TPSA) is 83.6 Å². The molecule has 0 spiro atoms. The van der Waals surface area contributed by atoms with Gasteiger partial charge >= 0.3 is 5.11 Å². The van der Waals surface area contributed by atoms with Crippen molar-refractivity contribution in [3.8, 4) is 0 Å². The Labute approximate surface area is 139 Å². The van der Waals surface area contributed by atoms with Crippen molar-refractivity contribution < 1.29 is 8.42 Å². The Kier molecular flexibility index (Phi) is 7.22. The zero-order valence-corrected chi connectivity index (χ0v) is 15.3. The fourth-order valence-electron chi connectivity index (χ4n) is 2.48. The van der Waals surface area contributed by atoms with Gasteiger partial charge in [0.05, 0.1) is 0 Å². The standard InChI is InChI=1S/C15H24.CN4O2S/c1-10(2)13-8-7-9-14(11(3)4)15(13)12(5)6;6-8(7)1-2-4-5-3-1/h7-12H,1-6H3;. The van der Waals surface area contributed by atoms with Crippen LogP contribution in [0.3, 0.4) is 0 Å². The third-order valence-electron chi connectivity index (χ3n) is 3.44. The molecule has 0 bridgehead atoms. The van der Waals surface area contributed by atoms with Crippen LogP contribution in [0.5, 0.6) is 0 Å². The van der Waals surface area contributed by atoms with E-state index in [2.05, 4.69) is 80.4 Å². The van der Waals surface area contributed by atoms with Gasteiger partial charge in [-0.25, -0.2) is 0 Å². The lowest BCUT2D eigenvalue weighted by Crippen LogP contribution is -2.04.